The van der Waals surface area contributed by atoms with Crippen LogP contribution in [-0.4, -0.2) is 57.2 Å². The predicted molar refractivity (Wildman–Crippen MR) is 98.0 cm³/mol. The summed E-state index contributed by atoms with van der Waals surface area (Å²) in [4.78, 5) is 2.13. The molecule has 5 heteroatoms. The molecule has 0 spiro atoms. The number of nitrogens with one attached hydrogen (secondary N) is 1. The number of piperidine rings is 1. The van der Waals surface area contributed by atoms with Gasteiger partial charge in [0.1, 0.15) is 11.9 Å². The molecule has 1 heterocycles. The summed E-state index contributed by atoms with van der Waals surface area (Å²) in [6.07, 6.45) is 3.46. The van der Waals surface area contributed by atoms with Crippen molar-refractivity contribution < 1.29 is 14.6 Å². The van der Waals surface area contributed by atoms with Gasteiger partial charge in [-0.1, -0.05) is 13.3 Å². The Hall–Kier alpha value is -1.30. The Morgan fingerprint density at radius 2 is 1.92 bits per heavy atom. The van der Waals surface area contributed by atoms with Gasteiger partial charge < -0.3 is 24.8 Å². The monoisotopic (exact) mass is 336 g/mol. The zero-order valence-electron chi connectivity index (χ0n) is 15.3. The highest BCUT2D eigenvalue weighted by atomic mass is 16.5. The molecular weight excluding hydrogens is 304 g/mol. The number of hydrogen-bond acceptors (Lipinski definition) is 5. The van der Waals surface area contributed by atoms with Crippen molar-refractivity contribution in [1.29, 1.82) is 0 Å². The SMILES string of the molecule is CCCCOc1ccc(N(C)CC(OC)C2(O)CCNCC2)cc1. The molecule has 0 saturated carbocycles. The van der Waals surface area contributed by atoms with E-state index < -0.39 is 5.60 Å². The Morgan fingerprint density at radius 3 is 2.50 bits per heavy atom. The van der Waals surface area contributed by atoms with Crippen LogP contribution in [0.4, 0.5) is 5.69 Å². The van der Waals surface area contributed by atoms with Crippen LogP contribution in [0.2, 0.25) is 0 Å². The molecule has 0 bridgehead atoms. The van der Waals surface area contributed by atoms with Crippen LogP contribution in [0.5, 0.6) is 5.75 Å². The molecule has 1 aliphatic heterocycles. The second kappa shape index (κ2) is 9.25. The van der Waals surface area contributed by atoms with Crippen LogP contribution in [0.1, 0.15) is 32.6 Å². The van der Waals surface area contributed by atoms with Gasteiger partial charge in [0.15, 0.2) is 0 Å². The molecular formula is C19H32N2O3. The lowest BCUT2D eigenvalue weighted by molar-refractivity contribution is -0.104. The molecule has 0 radical (unpaired) electrons. The van der Waals surface area contributed by atoms with Gasteiger partial charge in [-0.15, -0.1) is 0 Å². The Balaban J connectivity index is 1.93. The summed E-state index contributed by atoms with van der Waals surface area (Å²) in [5.41, 5.74) is 0.342. The van der Waals surface area contributed by atoms with Gasteiger partial charge in [0.25, 0.3) is 0 Å². The van der Waals surface area contributed by atoms with E-state index >= 15 is 0 Å². The fourth-order valence-corrected chi connectivity index (χ4v) is 3.13. The van der Waals surface area contributed by atoms with Crippen molar-refractivity contribution in [3.63, 3.8) is 0 Å². The zero-order valence-corrected chi connectivity index (χ0v) is 15.3. The first-order valence-corrected chi connectivity index (χ1v) is 8.99. The molecule has 1 atom stereocenters. The van der Waals surface area contributed by atoms with Gasteiger partial charge in [0, 0.05) is 26.4 Å². The van der Waals surface area contributed by atoms with Crippen LogP contribution < -0.4 is 15.0 Å². The minimum Gasteiger partial charge on any atom is -0.494 e. The van der Waals surface area contributed by atoms with Gasteiger partial charge >= 0.3 is 0 Å². The number of nitrogens with zero attached hydrogens (tertiary/aromatic N) is 1. The minimum absolute atomic E-state index is 0.204. The Bertz CT molecular complexity index is 472. The third-order valence-electron chi connectivity index (χ3n) is 4.84. The molecule has 1 aromatic carbocycles. The van der Waals surface area contributed by atoms with Crippen molar-refractivity contribution in [2.75, 3.05) is 45.3 Å². The van der Waals surface area contributed by atoms with E-state index in [0.717, 1.165) is 56.8 Å². The third kappa shape index (κ3) is 5.10. The molecule has 0 amide bonds. The first-order chi connectivity index (χ1) is 11.6. The molecule has 5 nitrogen and oxygen atoms in total. The fraction of sp³-hybridized carbons (Fsp3) is 0.684. The molecule has 2 rings (SSSR count). The fourth-order valence-electron chi connectivity index (χ4n) is 3.13. The van der Waals surface area contributed by atoms with E-state index in [0.29, 0.717) is 6.54 Å². The maximum absolute atomic E-state index is 10.9. The van der Waals surface area contributed by atoms with E-state index in [1.165, 1.54) is 0 Å². The number of rotatable bonds is 9. The topological polar surface area (TPSA) is 54.0 Å². The number of anilines is 1. The first kappa shape index (κ1) is 19.0. The standard InChI is InChI=1S/C19H32N2O3/c1-4-5-14-24-17-8-6-16(7-9-17)21(2)15-18(23-3)19(22)10-12-20-13-11-19/h6-9,18,20,22H,4-5,10-15H2,1-3H3. The van der Waals surface area contributed by atoms with Crippen molar-refractivity contribution in [3.05, 3.63) is 24.3 Å². The molecule has 2 N–H and O–H groups in total. The number of likely N-dealkylation sites (N-methyl/N-ethyl adjacent to an activating group) is 1. The van der Waals surface area contributed by atoms with Gasteiger partial charge in [-0.3, -0.25) is 0 Å². The minimum atomic E-state index is -0.753. The maximum atomic E-state index is 10.9. The summed E-state index contributed by atoms with van der Waals surface area (Å²) in [6, 6.07) is 8.12. The lowest BCUT2D eigenvalue weighted by atomic mass is 9.86. The maximum Gasteiger partial charge on any atom is 0.119 e. The highest BCUT2D eigenvalue weighted by molar-refractivity contribution is 5.48. The Labute approximate surface area is 146 Å². The second-order valence-corrected chi connectivity index (χ2v) is 6.65. The molecule has 1 saturated heterocycles. The van der Waals surface area contributed by atoms with E-state index in [9.17, 15) is 5.11 Å². The molecule has 0 aliphatic carbocycles. The summed E-state index contributed by atoms with van der Waals surface area (Å²) < 4.78 is 11.3. The third-order valence-corrected chi connectivity index (χ3v) is 4.84. The molecule has 1 fully saturated rings. The van der Waals surface area contributed by atoms with Crippen LogP contribution in [0, 0.1) is 0 Å². The quantitative estimate of drug-likeness (QED) is 0.679. The molecule has 0 aromatic heterocycles. The Morgan fingerprint density at radius 1 is 1.25 bits per heavy atom. The summed E-state index contributed by atoms with van der Waals surface area (Å²) in [5.74, 6) is 0.904. The second-order valence-electron chi connectivity index (χ2n) is 6.65. The number of aliphatic hydroxyl groups is 1. The Kier molecular flexibility index (Phi) is 7.34. The van der Waals surface area contributed by atoms with Gasteiger partial charge in [-0.25, -0.2) is 0 Å². The molecule has 24 heavy (non-hydrogen) atoms. The van der Waals surface area contributed by atoms with Crippen molar-refractivity contribution in [1.82, 2.24) is 5.32 Å². The molecule has 1 aromatic rings. The summed E-state index contributed by atoms with van der Waals surface area (Å²) in [7, 11) is 3.71. The largest absolute Gasteiger partial charge is 0.494 e. The number of ether oxygens (including phenoxy) is 2. The van der Waals surface area contributed by atoms with Crippen molar-refractivity contribution in [3.8, 4) is 5.75 Å². The zero-order chi connectivity index (χ0) is 17.4. The average molecular weight is 336 g/mol. The predicted octanol–water partition coefficient (Wildman–Crippen LogP) is 2.43. The van der Waals surface area contributed by atoms with Crippen LogP contribution >= 0.6 is 0 Å². The number of unbranched alkanes of at least 4 members (excludes halogenated alkanes) is 1. The van der Waals surface area contributed by atoms with Gasteiger partial charge in [0.05, 0.1) is 12.2 Å². The first-order valence-electron chi connectivity index (χ1n) is 8.99. The van der Waals surface area contributed by atoms with Gasteiger partial charge in [0.2, 0.25) is 0 Å². The average Bonchev–Trinajstić information content (AvgIpc) is 2.60. The van der Waals surface area contributed by atoms with Crippen molar-refractivity contribution >= 4 is 5.69 Å². The number of methoxy groups -OCH3 is 1. The normalized spacial score (nSPS) is 18.2. The van der Waals surface area contributed by atoms with Crippen LogP contribution in [0.15, 0.2) is 24.3 Å². The van der Waals surface area contributed by atoms with Gasteiger partial charge in [-0.2, -0.15) is 0 Å². The highest BCUT2D eigenvalue weighted by Gasteiger charge is 2.38. The number of benzene rings is 1. The van der Waals surface area contributed by atoms with Gasteiger partial charge in [-0.05, 0) is 56.6 Å². The summed E-state index contributed by atoms with van der Waals surface area (Å²) >= 11 is 0. The molecule has 1 aliphatic rings. The lowest BCUT2D eigenvalue weighted by Gasteiger charge is -2.40. The van der Waals surface area contributed by atoms with Crippen LogP contribution in [-0.2, 0) is 4.74 Å². The number of hydrogen-bond donors (Lipinski definition) is 2. The van der Waals surface area contributed by atoms with E-state index in [1.807, 2.05) is 19.2 Å². The van der Waals surface area contributed by atoms with E-state index in [-0.39, 0.29) is 6.10 Å². The molecule has 136 valence electrons. The lowest BCUT2D eigenvalue weighted by Crippen LogP contribution is -2.54. The smallest absolute Gasteiger partial charge is 0.119 e. The van der Waals surface area contributed by atoms with Crippen LogP contribution in [0.3, 0.4) is 0 Å². The highest BCUT2D eigenvalue weighted by Crippen LogP contribution is 2.27. The molecule has 1 unspecified atom stereocenters. The van der Waals surface area contributed by atoms with Crippen molar-refractivity contribution in [2.45, 2.75) is 44.3 Å². The van der Waals surface area contributed by atoms with E-state index in [2.05, 4.69) is 29.3 Å². The van der Waals surface area contributed by atoms with E-state index in [4.69, 9.17) is 9.47 Å². The van der Waals surface area contributed by atoms with E-state index in [1.54, 1.807) is 7.11 Å². The van der Waals surface area contributed by atoms with Crippen molar-refractivity contribution in [2.24, 2.45) is 0 Å². The summed E-state index contributed by atoms with van der Waals surface area (Å²) in [5, 5.41) is 14.2. The summed E-state index contributed by atoms with van der Waals surface area (Å²) in [6.45, 7) is 5.25. The van der Waals surface area contributed by atoms with Crippen LogP contribution in [0.25, 0.3) is 0 Å².